The summed E-state index contributed by atoms with van der Waals surface area (Å²) in [5, 5.41) is 3.62. The number of ether oxygens (including phenoxy) is 1. The summed E-state index contributed by atoms with van der Waals surface area (Å²) in [6.45, 7) is 3.51. The van der Waals surface area contributed by atoms with Crippen molar-refractivity contribution in [3.8, 4) is 18.1 Å². The number of likely N-dealkylation sites (tertiary alicyclic amines) is 1. The average molecular weight is 258 g/mol. The van der Waals surface area contributed by atoms with Crippen molar-refractivity contribution in [3.63, 3.8) is 0 Å². The van der Waals surface area contributed by atoms with Crippen molar-refractivity contribution >= 4 is 0 Å². The Bertz CT molecular complexity index is 431. The van der Waals surface area contributed by atoms with Crippen LogP contribution in [0.25, 0.3) is 0 Å². The second-order valence-electron chi connectivity index (χ2n) is 5.06. The Morgan fingerprint density at radius 3 is 2.84 bits per heavy atom. The van der Waals surface area contributed by atoms with E-state index < -0.39 is 0 Å². The zero-order valence-electron chi connectivity index (χ0n) is 11.6. The molecule has 3 heteroatoms. The van der Waals surface area contributed by atoms with Gasteiger partial charge in [0.25, 0.3) is 0 Å². The van der Waals surface area contributed by atoms with Gasteiger partial charge in [-0.1, -0.05) is 24.1 Å². The van der Waals surface area contributed by atoms with Crippen molar-refractivity contribution in [1.82, 2.24) is 10.2 Å². The lowest BCUT2D eigenvalue weighted by atomic mass is 10.1. The molecule has 0 radical (unpaired) electrons. The molecule has 1 aromatic rings. The molecule has 2 rings (SSSR count). The van der Waals surface area contributed by atoms with Crippen LogP contribution in [0.3, 0.4) is 0 Å². The molecule has 0 spiro atoms. The molecule has 0 unspecified atom stereocenters. The summed E-state index contributed by atoms with van der Waals surface area (Å²) in [6, 6.07) is 8.69. The molecule has 0 atom stereocenters. The predicted octanol–water partition coefficient (Wildman–Crippen LogP) is 1.88. The molecule has 1 saturated heterocycles. The van der Waals surface area contributed by atoms with E-state index in [0.29, 0.717) is 12.6 Å². The van der Waals surface area contributed by atoms with Crippen LogP contribution < -0.4 is 10.1 Å². The maximum absolute atomic E-state index is 5.56. The van der Waals surface area contributed by atoms with Gasteiger partial charge in [-0.15, -0.1) is 6.42 Å². The molecule has 1 N–H and O–H groups in total. The Balaban J connectivity index is 1.87. The molecule has 102 valence electrons. The molecule has 1 aromatic carbocycles. The highest BCUT2D eigenvalue weighted by Gasteiger charge is 2.16. The van der Waals surface area contributed by atoms with Crippen LogP contribution in [-0.4, -0.2) is 37.7 Å². The van der Waals surface area contributed by atoms with Crippen molar-refractivity contribution in [2.24, 2.45) is 0 Å². The van der Waals surface area contributed by atoms with Crippen molar-refractivity contribution < 1.29 is 4.74 Å². The average Bonchev–Trinajstić information content (AvgIpc) is 2.45. The molecule has 0 saturated carbocycles. The highest BCUT2D eigenvalue weighted by Crippen LogP contribution is 2.18. The second kappa shape index (κ2) is 7.18. The lowest BCUT2D eigenvalue weighted by molar-refractivity contribution is 0.233. The summed E-state index contributed by atoms with van der Waals surface area (Å²) in [5.41, 5.74) is 1.18. The van der Waals surface area contributed by atoms with Crippen LogP contribution in [0.15, 0.2) is 24.3 Å². The minimum absolute atomic E-state index is 0.325. The van der Waals surface area contributed by atoms with Gasteiger partial charge >= 0.3 is 0 Å². The molecule has 1 fully saturated rings. The first kappa shape index (κ1) is 13.9. The largest absolute Gasteiger partial charge is 0.481 e. The molecule has 1 aliphatic rings. The molecule has 1 heterocycles. The number of hydrogen-bond donors (Lipinski definition) is 1. The Kier molecular flexibility index (Phi) is 5.26. The van der Waals surface area contributed by atoms with Gasteiger partial charge in [0.15, 0.2) is 0 Å². The topological polar surface area (TPSA) is 24.5 Å². The standard InChI is InChI=1S/C16H22N2O/c1-3-12-19-16-7-5-4-6-14(16)13-17-15-8-10-18(2)11-9-15/h1,4-7,15,17H,8-13H2,2H3. The van der Waals surface area contributed by atoms with E-state index in [-0.39, 0.29) is 0 Å². The van der Waals surface area contributed by atoms with E-state index in [1.165, 1.54) is 31.5 Å². The van der Waals surface area contributed by atoms with Gasteiger partial charge in [0.1, 0.15) is 12.4 Å². The number of benzene rings is 1. The van der Waals surface area contributed by atoms with Crippen molar-refractivity contribution in [1.29, 1.82) is 0 Å². The summed E-state index contributed by atoms with van der Waals surface area (Å²) in [7, 11) is 2.18. The van der Waals surface area contributed by atoms with Gasteiger partial charge in [0.05, 0.1) is 0 Å². The van der Waals surface area contributed by atoms with Crippen molar-refractivity contribution in [3.05, 3.63) is 29.8 Å². The molecule has 0 aromatic heterocycles. The quantitative estimate of drug-likeness (QED) is 0.816. The summed E-state index contributed by atoms with van der Waals surface area (Å²) in [5.74, 6) is 3.40. The molecule has 0 amide bonds. The number of nitrogens with zero attached hydrogens (tertiary/aromatic N) is 1. The fourth-order valence-corrected chi connectivity index (χ4v) is 2.38. The van der Waals surface area contributed by atoms with Gasteiger partial charge in [0.2, 0.25) is 0 Å². The van der Waals surface area contributed by atoms with E-state index in [2.05, 4.69) is 29.3 Å². The Hall–Kier alpha value is -1.50. The highest BCUT2D eigenvalue weighted by molar-refractivity contribution is 5.33. The van der Waals surface area contributed by atoms with Crippen LogP contribution in [0.5, 0.6) is 5.75 Å². The fraction of sp³-hybridized carbons (Fsp3) is 0.500. The van der Waals surface area contributed by atoms with E-state index >= 15 is 0 Å². The first-order valence-electron chi connectivity index (χ1n) is 6.85. The first-order chi connectivity index (χ1) is 9.29. The number of para-hydroxylation sites is 1. The van der Waals surface area contributed by atoms with E-state index in [9.17, 15) is 0 Å². The van der Waals surface area contributed by atoms with Crippen LogP contribution in [0.4, 0.5) is 0 Å². The van der Waals surface area contributed by atoms with E-state index in [1.54, 1.807) is 0 Å². The van der Waals surface area contributed by atoms with Crippen LogP contribution in [0.1, 0.15) is 18.4 Å². The van der Waals surface area contributed by atoms with E-state index in [1.807, 2.05) is 18.2 Å². The summed E-state index contributed by atoms with van der Waals surface area (Å²) < 4.78 is 5.56. The number of terminal acetylenes is 1. The molecular weight excluding hydrogens is 236 g/mol. The lowest BCUT2D eigenvalue weighted by Crippen LogP contribution is -2.40. The maximum atomic E-state index is 5.56. The third-order valence-corrected chi connectivity index (χ3v) is 3.58. The zero-order valence-corrected chi connectivity index (χ0v) is 11.6. The van der Waals surface area contributed by atoms with Gasteiger partial charge in [-0.25, -0.2) is 0 Å². The van der Waals surface area contributed by atoms with Gasteiger partial charge in [-0.2, -0.15) is 0 Å². The Morgan fingerprint density at radius 1 is 1.37 bits per heavy atom. The zero-order chi connectivity index (χ0) is 13.5. The summed E-state index contributed by atoms with van der Waals surface area (Å²) in [6.07, 6.45) is 7.66. The third kappa shape index (κ3) is 4.27. The molecule has 19 heavy (non-hydrogen) atoms. The number of hydrogen-bond acceptors (Lipinski definition) is 3. The third-order valence-electron chi connectivity index (χ3n) is 3.58. The molecule has 1 aliphatic heterocycles. The van der Waals surface area contributed by atoms with Crippen LogP contribution >= 0.6 is 0 Å². The minimum atomic E-state index is 0.325. The number of piperidine rings is 1. The second-order valence-corrected chi connectivity index (χ2v) is 5.06. The van der Waals surface area contributed by atoms with Gasteiger partial charge in [-0.05, 0) is 39.0 Å². The van der Waals surface area contributed by atoms with Crippen LogP contribution in [-0.2, 0) is 6.54 Å². The SMILES string of the molecule is C#CCOc1ccccc1CNC1CCN(C)CC1. The number of rotatable bonds is 5. The van der Waals surface area contributed by atoms with Gasteiger partial charge < -0.3 is 15.0 Å². The van der Waals surface area contributed by atoms with E-state index in [0.717, 1.165) is 12.3 Å². The number of nitrogens with one attached hydrogen (secondary N) is 1. The normalized spacial score (nSPS) is 17.1. The maximum Gasteiger partial charge on any atom is 0.148 e. The first-order valence-corrected chi connectivity index (χ1v) is 6.85. The monoisotopic (exact) mass is 258 g/mol. The van der Waals surface area contributed by atoms with Gasteiger partial charge in [0, 0.05) is 18.2 Å². The fourth-order valence-electron chi connectivity index (χ4n) is 2.38. The highest BCUT2D eigenvalue weighted by atomic mass is 16.5. The predicted molar refractivity (Wildman–Crippen MR) is 78.1 cm³/mol. The van der Waals surface area contributed by atoms with Crippen molar-refractivity contribution in [2.75, 3.05) is 26.7 Å². The minimum Gasteiger partial charge on any atom is -0.481 e. The molecule has 0 aliphatic carbocycles. The summed E-state index contributed by atoms with van der Waals surface area (Å²) in [4.78, 5) is 2.38. The molecular formula is C16H22N2O. The lowest BCUT2D eigenvalue weighted by Gasteiger charge is -2.29. The van der Waals surface area contributed by atoms with Crippen molar-refractivity contribution in [2.45, 2.75) is 25.4 Å². The van der Waals surface area contributed by atoms with Crippen LogP contribution in [0, 0.1) is 12.3 Å². The molecule has 3 nitrogen and oxygen atoms in total. The Morgan fingerprint density at radius 2 is 2.11 bits per heavy atom. The smallest absolute Gasteiger partial charge is 0.148 e. The molecule has 0 bridgehead atoms. The van der Waals surface area contributed by atoms with Gasteiger partial charge in [-0.3, -0.25) is 0 Å². The van der Waals surface area contributed by atoms with E-state index in [4.69, 9.17) is 11.2 Å². The van der Waals surface area contributed by atoms with Crippen LogP contribution in [0.2, 0.25) is 0 Å². The Labute approximate surface area is 115 Å². The summed E-state index contributed by atoms with van der Waals surface area (Å²) >= 11 is 0.